The highest BCUT2D eigenvalue weighted by Gasteiger charge is 2.29. The van der Waals surface area contributed by atoms with E-state index in [2.05, 4.69) is 31.2 Å². The summed E-state index contributed by atoms with van der Waals surface area (Å²) in [6, 6.07) is 10.7. The smallest absolute Gasteiger partial charge is 0.0752 e. The lowest BCUT2D eigenvalue weighted by Gasteiger charge is -2.22. The van der Waals surface area contributed by atoms with Crippen LogP contribution in [-0.4, -0.2) is 18.8 Å². The zero-order valence-corrected chi connectivity index (χ0v) is 9.93. The van der Waals surface area contributed by atoms with E-state index in [-0.39, 0.29) is 12.1 Å². The van der Waals surface area contributed by atoms with Crippen LogP contribution in [0.2, 0.25) is 0 Å². The molecule has 3 unspecified atom stereocenters. The monoisotopic (exact) mass is 219 g/mol. The molecule has 0 aromatic heterocycles. The van der Waals surface area contributed by atoms with Crippen LogP contribution in [0.4, 0.5) is 0 Å². The molecule has 2 N–H and O–H groups in total. The van der Waals surface area contributed by atoms with Gasteiger partial charge in [0.1, 0.15) is 0 Å². The first-order valence-corrected chi connectivity index (χ1v) is 6.18. The van der Waals surface area contributed by atoms with Crippen molar-refractivity contribution in [2.45, 2.75) is 38.3 Å². The first-order chi connectivity index (χ1) is 7.77. The molecule has 1 aliphatic rings. The van der Waals surface area contributed by atoms with Crippen LogP contribution in [0.5, 0.6) is 0 Å². The van der Waals surface area contributed by atoms with Crippen LogP contribution >= 0.6 is 0 Å². The second-order valence-corrected chi connectivity index (χ2v) is 4.79. The Balaban J connectivity index is 1.81. The van der Waals surface area contributed by atoms with Crippen molar-refractivity contribution in [3.8, 4) is 0 Å². The predicted molar refractivity (Wildman–Crippen MR) is 66.3 cm³/mol. The van der Waals surface area contributed by atoms with Gasteiger partial charge in [-0.15, -0.1) is 0 Å². The summed E-state index contributed by atoms with van der Waals surface area (Å²) in [5, 5.41) is 0. The Morgan fingerprint density at radius 1 is 1.38 bits per heavy atom. The minimum Gasteiger partial charge on any atom is -0.376 e. The van der Waals surface area contributed by atoms with Crippen LogP contribution in [0.25, 0.3) is 0 Å². The molecule has 1 aromatic carbocycles. The number of benzene rings is 1. The Hall–Kier alpha value is -0.860. The molecule has 2 rings (SSSR count). The van der Waals surface area contributed by atoms with Crippen molar-refractivity contribution in [3.63, 3.8) is 0 Å². The van der Waals surface area contributed by atoms with Crippen molar-refractivity contribution in [2.24, 2.45) is 11.7 Å². The van der Waals surface area contributed by atoms with Gasteiger partial charge in [-0.3, -0.25) is 0 Å². The molecule has 2 heteroatoms. The minimum atomic E-state index is 0.178. The van der Waals surface area contributed by atoms with E-state index in [1.165, 1.54) is 5.56 Å². The fraction of sp³-hybridized carbons (Fsp3) is 0.571. The molecule has 1 heterocycles. The lowest BCUT2D eigenvalue weighted by molar-refractivity contribution is 0.0703. The standard InChI is InChI=1S/C14H21NO/c1-11-9-10-16-14(11)13(15)8-7-12-5-3-2-4-6-12/h2-6,11,13-14H,7-10,15H2,1H3. The molecule has 0 amide bonds. The first-order valence-electron chi connectivity index (χ1n) is 6.18. The third-order valence-corrected chi connectivity index (χ3v) is 3.48. The van der Waals surface area contributed by atoms with E-state index < -0.39 is 0 Å². The number of hydrogen-bond donors (Lipinski definition) is 1. The molecule has 0 radical (unpaired) electrons. The van der Waals surface area contributed by atoms with E-state index in [9.17, 15) is 0 Å². The normalized spacial score (nSPS) is 26.9. The maximum atomic E-state index is 6.19. The van der Waals surface area contributed by atoms with Gasteiger partial charge in [-0.1, -0.05) is 37.3 Å². The van der Waals surface area contributed by atoms with Crippen LogP contribution in [0.1, 0.15) is 25.3 Å². The Kier molecular flexibility index (Phi) is 3.97. The molecule has 2 nitrogen and oxygen atoms in total. The topological polar surface area (TPSA) is 35.2 Å². The van der Waals surface area contributed by atoms with Crippen molar-refractivity contribution >= 4 is 0 Å². The number of rotatable bonds is 4. The third kappa shape index (κ3) is 2.83. The molecule has 1 aliphatic heterocycles. The molecule has 3 atom stereocenters. The van der Waals surface area contributed by atoms with E-state index in [4.69, 9.17) is 10.5 Å². The molecule has 1 fully saturated rings. The average molecular weight is 219 g/mol. The van der Waals surface area contributed by atoms with Gasteiger partial charge in [-0.2, -0.15) is 0 Å². The lowest BCUT2D eigenvalue weighted by Crippen LogP contribution is -2.38. The quantitative estimate of drug-likeness (QED) is 0.843. The first kappa shape index (κ1) is 11.6. The molecule has 0 spiro atoms. The Morgan fingerprint density at radius 2 is 2.12 bits per heavy atom. The molecule has 1 saturated heterocycles. The second kappa shape index (κ2) is 5.46. The van der Waals surface area contributed by atoms with E-state index in [1.807, 2.05) is 6.07 Å². The van der Waals surface area contributed by atoms with Crippen molar-refractivity contribution in [3.05, 3.63) is 35.9 Å². The third-order valence-electron chi connectivity index (χ3n) is 3.48. The molecule has 0 aliphatic carbocycles. The highest BCUT2D eigenvalue weighted by atomic mass is 16.5. The zero-order chi connectivity index (χ0) is 11.4. The summed E-state index contributed by atoms with van der Waals surface area (Å²) >= 11 is 0. The van der Waals surface area contributed by atoms with Gasteiger partial charge in [0.05, 0.1) is 6.10 Å². The number of aryl methyl sites for hydroxylation is 1. The summed E-state index contributed by atoms with van der Waals surface area (Å²) < 4.78 is 5.69. The Labute approximate surface area is 97.8 Å². The lowest BCUT2D eigenvalue weighted by atomic mass is 9.94. The van der Waals surface area contributed by atoms with Crippen molar-refractivity contribution in [1.82, 2.24) is 0 Å². The summed E-state index contributed by atoms with van der Waals surface area (Å²) in [6.07, 6.45) is 3.49. The van der Waals surface area contributed by atoms with E-state index in [1.54, 1.807) is 0 Å². The van der Waals surface area contributed by atoms with Crippen molar-refractivity contribution < 1.29 is 4.74 Å². The summed E-state index contributed by atoms with van der Waals surface area (Å²) in [5.74, 6) is 0.616. The SMILES string of the molecule is CC1CCOC1C(N)CCc1ccccc1. The molecule has 0 saturated carbocycles. The van der Waals surface area contributed by atoms with Crippen LogP contribution < -0.4 is 5.73 Å². The van der Waals surface area contributed by atoms with Crippen LogP contribution in [0.15, 0.2) is 30.3 Å². The Morgan fingerprint density at radius 3 is 2.75 bits per heavy atom. The van der Waals surface area contributed by atoms with Crippen molar-refractivity contribution in [2.75, 3.05) is 6.61 Å². The second-order valence-electron chi connectivity index (χ2n) is 4.79. The summed E-state index contributed by atoms with van der Waals surface area (Å²) in [5.41, 5.74) is 7.56. The zero-order valence-electron chi connectivity index (χ0n) is 9.93. The van der Waals surface area contributed by atoms with Gasteiger partial charge in [-0.25, -0.2) is 0 Å². The molecule has 16 heavy (non-hydrogen) atoms. The summed E-state index contributed by atoms with van der Waals surface area (Å²) in [4.78, 5) is 0. The van der Waals surface area contributed by atoms with Gasteiger partial charge in [-0.05, 0) is 30.7 Å². The molecule has 0 bridgehead atoms. The van der Waals surface area contributed by atoms with Crippen LogP contribution in [-0.2, 0) is 11.2 Å². The number of ether oxygens (including phenoxy) is 1. The minimum absolute atomic E-state index is 0.178. The molecule has 1 aromatic rings. The van der Waals surface area contributed by atoms with Crippen LogP contribution in [0, 0.1) is 5.92 Å². The maximum absolute atomic E-state index is 6.19. The highest BCUT2D eigenvalue weighted by Crippen LogP contribution is 2.23. The summed E-state index contributed by atoms with van der Waals surface area (Å²) in [6.45, 7) is 3.12. The highest BCUT2D eigenvalue weighted by molar-refractivity contribution is 5.14. The number of nitrogens with two attached hydrogens (primary N) is 1. The molecular weight excluding hydrogens is 198 g/mol. The largest absolute Gasteiger partial charge is 0.376 e. The van der Waals surface area contributed by atoms with E-state index >= 15 is 0 Å². The molecular formula is C14H21NO. The predicted octanol–water partition coefficient (Wildman–Crippen LogP) is 2.37. The van der Waals surface area contributed by atoms with E-state index in [0.29, 0.717) is 5.92 Å². The van der Waals surface area contributed by atoms with E-state index in [0.717, 1.165) is 25.9 Å². The van der Waals surface area contributed by atoms with Gasteiger partial charge in [0.15, 0.2) is 0 Å². The van der Waals surface area contributed by atoms with Gasteiger partial charge in [0, 0.05) is 12.6 Å². The molecule has 88 valence electrons. The Bertz CT molecular complexity index is 312. The fourth-order valence-corrected chi connectivity index (χ4v) is 2.41. The van der Waals surface area contributed by atoms with Crippen LogP contribution in [0.3, 0.4) is 0 Å². The van der Waals surface area contributed by atoms with Gasteiger partial charge in [0.2, 0.25) is 0 Å². The summed E-state index contributed by atoms with van der Waals surface area (Å²) in [7, 11) is 0. The van der Waals surface area contributed by atoms with Gasteiger partial charge >= 0.3 is 0 Å². The average Bonchev–Trinajstić information content (AvgIpc) is 2.74. The van der Waals surface area contributed by atoms with Crippen molar-refractivity contribution in [1.29, 1.82) is 0 Å². The number of hydrogen-bond acceptors (Lipinski definition) is 2. The van der Waals surface area contributed by atoms with Gasteiger partial charge in [0.25, 0.3) is 0 Å². The maximum Gasteiger partial charge on any atom is 0.0752 e. The fourth-order valence-electron chi connectivity index (χ4n) is 2.41. The van der Waals surface area contributed by atoms with Gasteiger partial charge < -0.3 is 10.5 Å².